The number of aryl methyl sites for hydroxylation is 3. The molecule has 0 N–H and O–H groups in total. The molecule has 5 nitrogen and oxygen atoms in total. The molecule has 6 heteroatoms. The van der Waals surface area contributed by atoms with Gasteiger partial charge in [-0.3, -0.25) is 4.68 Å². The van der Waals surface area contributed by atoms with Crippen molar-refractivity contribution in [2.24, 2.45) is 0 Å². The summed E-state index contributed by atoms with van der Waals surface area (Å²) in [6.07, 6.45) is 5.54. The molecule has 54 heavy (non-hydrogen) atoms. The van der Waals surface area contributed by atoms with E-state index in [1.54, 1.807) is 0 Å². The van der Waals surface area contributed by atoms with E-state index in [-0.39, 0.29) is 31.3 Å². The fourth-order valence-corrected chi connectivity index (χ4v) is 7.56. The summed E-state index contributed by atoms with van der Waals surface area (Å²) in [6, 6.07) is 35.3. The van der Waals surface area contributed by atoms with Gasteiger partial charge in [-0.1, -0.05) is 111 Å². The summed E-state index contributed by atoms with van der Waals surface area (Å²) in [6.45, 7) is 22.3. The summed E-state index contributed by atoms with van der Waals surface area (Å²) in [5.74, 6) is 2.13. The molecule has 0 bridgehead atoms. The van der Waals surface area contributed by atoms with Crippen LogP contribution in [0, 0.1) is 12.1 Å². The Morgan fingerprint density at radius 1 is 0.648 bits per heavy atom. The van der Waals surface area contributed by atoms with Gasteiger partial charge in [0.2, 0.25) is 0 Å². The third kappa shape index (κ3) is 7.19. The number of fused-ring (bicyclic) bond motifs is 3. The average molecular weight is 807 g/mol. The number of hydrogen-bond acceptors (Lipinski definition) is 3. The topological polar surface area (TPSA) is 44.9 Å². The maximum atomic E-state index is 6.76. The van der Waals surface area contributed by atoms with Crippen LogP contribution in [0.2, 0.25) is 0 Å². The Labute approximate surface area is 335 Å². The van der Waals surface area contributed by atoms with Gasteiger partial charge in [0, 0.05) is 34.5 Å². The SMILES string of the molecule is CCc1cccc(CC)c1-c1c(CC)nn(-c2[c-]c(Oc3[c-]c4c(cc3)c3ccccc3n4-c3cc(C(C)(C)C)ccn3)cc(C(C)(C)C)c2)c1CC.[Pd+2]. The van der Waals surface area contributed by atoms with E-state index >= 15 is 0 Å². The van der Waals surface area contributed by atoms with E-state index in [1.165, 1.54) is 33.5 Å². The van der Waals surface area contributed by atoms with Gasteiger partial charge in [0.1, 0.15) is 5.82 Å². The Balaban J connectivity index is 0.00000497. The second-order valence-electron chi connectivity index (χ2n) is 16.1. The van der Waals surface area contributed by atoms with E-state index in [4.69, 9.17) is 14.8 Å². The van der Waals surface area contributed by atoms with Gasteiger partial charge in [0.05, 0.1) is 5.69 Å². The molecule has 0 spiro atoms. The van der Waals surface area contributed by atoms with Crippen LogP contribution in [0.5, 0.6) is 11.5 Å². The summed E-state index contributed by atoms with van der Waals surface area (Å²) >= 11 is 0. The summed E-state index contributed by atoms with van der Waals surface area (Å²) in [4.78, 5) is 4.86. The smallest absolute Gasteiger partial charge is 0.509 e. The molecule has 0 amide bonds. The number of para-hydroxylation sites is 1. The molecule has 0 aliphatic heterocycles. The fourth-order valence-electron chi connectivity index (χ4n) is 7.56. The van der Waals surface area contributed by atoms with Crippen molar-refractivity contribution >= 4 is 21.8 Å². The van der Waals surface area contributed by atoms with Crippen molar-refractivity contribution in [3.05, 3.63) is 131 Å². The second-order valence-corrected chi connectivity index (χ2v) is 16.1. The molecule has 3 aromatic heterocycles. The fraction of sp³-hybridized carbons (Fsp3) is 0.333. The van der Waals surface area contributed by atoms with Crippen LogP contribution in [-0.2, 0) is 56.9 Å². The van der Waals surface area contributed by atoms with Crippen LogP contribution in [0.15, 0.2) is 85.1 Å². The van der Waals surface area contributed by atoms with Gasteiger partial charge in [-0.25, -0.2) is 4.98 Å². The van der Waals surface area contributed by atoms with Crippen LogP contribution < -0.4 is 4.74 Å². The Bertz CT molecular complexity index is 2430. The molecule has 0 aliphatic carbocycles. The molecular formula is C48H52N4OPd. The van der Waals surface area contributed by atoms with Gasteiger partial charge in [-0.2, -0.15) is 11.2 Å². The largest absolute Gasteiger partial charge is 2.00 e. The monoisotopic (exact) mass is 806 g/mol. The number of nitrogens with zero attached hydrogens (tertiary/aromatic N) is 4. The van der Waals surface area contributed by atoms with Crippen LogP contribution in [0.1, 0.15) is 103 Å². The normalized spacial score (nSPS) is 12.0. The molecular weight excluding hydrogens is 755 g/mol. The van der Waals surface area contributed by atoms with Crippen molar-refractivity contribution in [2.45, 2.75) is 106 Å². The molecule has 0 unspecified atom stereocenters. The minimum Gasteiger partial charge on any atom is -0.509 e. The molecule has 0 aliphatic rings. The first-order chi connectivity index (χ1) is 25.4. The zero-order valence-electron chi connectivity index (χ0n) is 33.4. The van der Waals surface area contributed by atoms with E-state index in [0.717, 1.165) is 70.3 Å². The van der Waals surface area contributed by atoms with E-state index in [1.807, 2.05) is 12.3 Å². The molecule has 0 saturated carbocycles. The second kappa shape index (κ2) is 15.3. The van der Waals surface area contributed by atoms with Crippen LogP contribution in [0.25, 0.3) is 44.4 Å². The van der Waals surface area contributed by atoms with Gasteiger partial charge in [0.15, 0.2) is 0 Å². The summed E-state index contributed by atoms with van der Waals surface area (Å²) in [7, 11) is 0. The van der Waals surface area contributed by atoms with Crippen molar-refractivity contribution in [3.63, 3.8) is 0 Å². The van der Waals surface area contributed by atoms with Crippen molar-refractivity contribution in [3.8, 4) is 34.1 Å². The minimum absolute atomic E-state index is 0. The molecule has 7 aromatic rings. The molecule has 0 saturated heterocycles. The molecule has 3 heterocycles. The number of pyridine rings is 1. The predicted molar refractivity (Wildman–Crippen MR) is 220 cm³/mol. The maximum Gasteiger partial charge on any atom is 2.00 e. The van der Waals surface area contributed by atoms with Crippen molar-refractivity contribution < 1.29 is 25.2 Å². The average Bonchev–Trinajstić information content (AvgIpc) is 3.68. The van der Waals surface area contributed by atoms with Crippen LogP contribution in [-0.4, -0.2) is 19.3 Å². The van der Waals surface area contributed by atoms with Crippen LogP contribution in [0.3, 0.4) is 0 Å². The summed E-state index contributed by atoms with van der Waals surface area (Å²) < 4.78 is 11.1. The number of rotatable bonds is 9. The standard InChI is InChI=1S/C48H52N4O.Pd/c1-11-31-18-17-19-32(12-2)45(31)46-40(13-3)50-52(41(46)14-4)35-26-34(48(8,9)10)27-37(29-35)53-36-22-23-39-38-20-15-16-21-42(38)51(43(39)30-36)44-28-33(24-25-49-44)47(5,6)7;/h15-28H,11-14H2,1-10H3;/q-2;+2. The quantitative estimate of drug-likeness (QED) is 0.108. The van der Waals surface area contributed by atoms with Gasteiger partial charge in [-0.05, 0) is 88.0 Å². The first-order valence-corrected chi connectivity index (χ1v) is 19.3. The zero-order chi connectivity index (χ0) is 37.7. The Morgan fingerprint density at radius 3 is 2.00 bits per heavy atom. The van der Waals surface area contributed by atoms with Gasteiger partial charge >= 0.3 is 20.4 Å². The summed E-state index contributed by atoms with van der Waals surface area (Å²) in [5, 5.41) is 7.57. The molecule has 0 atom stereocenters. The number of ether oxygens (including phenoxy) is 1. The third-order valence-electron chi connectivity index (χ3n) is 10.5. The number of hydrogen-bond donors (Lipinski definition) is 0. The van der Waals surface area contributed by atoms with Crippen molar-refractivity contribution in [2.75, 3.05) is 0 Å². The predicted octanol–water partition coefficient (Wildman–Crippen LogP) is 12.3. The van der Waals surface area contributed by atoms with Crippen molar-refractivity contribution in [1.82, 2.24) is 19.3 Å². The summed E-state index contributed by atoms with van der Waals surface area (Å²) in [5.41, 5.74) is 12.8. The van der Waals surface area contributed by atoms with Gasteiger partial charge in [-0.15, -0.1) is 41.3 Å². The van der Waals surface area contributed by atoms with Crippen LogP contribution >= 0.6 is 0 Å². The van der Waals surface area contributed by atoms with Gasteiger partial charge in [0.25, 0.3) is 0 Å². The van der Waals surface area contributed by atoms with Crippen LogP contribution in [0.4, 0.5) is 0 Å². The molecule has 280 valence electrons. The third-order valence-corrected chi connectivity index (χ3v) is 10.5. The Hall–Kier alpha value is -4.50. The van der Waals surface area contributed by atoms with E-state index < -0.39 is 0 Å². The minimum atomic E-state index is -0.133. The first kappa shape index (κ1) is 39.2. The number of aromatic nitrogens is 4. The zero-order valence-corrected chi connectivity index (χ0v) is 35.0. The molecule has 7 rings (SSSR count). The Kier molecular flexibility index (Phi) is 11.1. The van der Waals surface area contributed by atoms with Gasteiger partial charge < -0.3 is 9.30 Å². The molecule has 0 fully saturated rings. The maximum absolute atomic E-state index is 6.76. The molecule has 4 aromatic carbocycles. The first-order valence-electron chi connectivity index (χ1n) is 19.3. The van der Waals surface area contributed by atoms with E-state index in [0.29, 0.717) is 11.5 Å². The van der Waals surface area contributed by atoms with Crippen molar-refractivity contribution in [1.29, 1.82) is 0 Å². The van der Waals surface area contributed by atoms with E-state index in [9.17, 15) is 0 Å². The van der Waals surface area contributed by atoms with E-state index in [2.05, 4.69) is 163 Å². The molecule has 0 radical (unpaired) electrons. The number of benzene rings is 4. The Morgan fingerprint density at radius 2 is 1.35 bits per heavy atom.